The Morgan fingerprint density at radius 2 is 2.04 bits per heavy atom. The molecule has 25 heavy (non-hydrogen) atoms. The molecule has 124 valence electrons. The lowest BCUT2D eigenvalue weighted by Gasteiger charge is -2.03. The summed E-state index contributed by atoms with van der Waals surface area (Å²) in [5.74, 6) is 0.419. The Morgan fingerprint density at radius 1 is 1.28 bits per heavy atom. The molecule has 0 spiro atoms. The number of hydrogen-bond donors (Lipinski definition) is 1. The van der Waals surface area contributed by atoms with E-state index in [1.165, 1.54) is 0 Å². The number of aromatic amines is 1. The molecular weight excluding hydrogens is 336 g/mol. The average molecular weight is 351 g/mol. The monoisotopic (exact) mass is 350 g/mol. The number of carbonyl (C=O) groups excluding carboxylic acids is 1. The normalized spacial score (nSPS) is 11.3. The summed E-state index contributed by atoms with van der Waals surface area (Å²) in [7, 11) is 0. The van der Waals surface area contributed by atoms with Crippen molar-refractivity contribution in [2.45, 2.75) is 6.92 Å². The lowest BCUT2D eigenvalue weighted by molar-refractivity contribution is 0.104. The highest BCUT2D eigenvalue weighted by atomic mass is 35.5. The summed E-state index contributed by atoms with van der Waals surface area (Å²) in [4.78, 5) is 15.8. The van der Waals surface area contributed by atoms with Crippen LogP contribution in [0.15, 0.2) is 54.2 Å². The molecule has 0 radical (unpaired) electrons. The van der Waals surface area contributed by atoms with E-state index in [0.29, 0.717) is 17.2 Å². The maximum Gasteiger partial charge on any atom is 0.205 e. The molecule has 0 aliphatic rings. The Hall–Kier alpha value is -3.03. The molecule has 0 amide bonds. The third-order valence-corrected chi connectivity index (χ3v) is 3.99. The fraction of sp³-hybridized carbons (Fsp3) is 0.100. The summed E-state index contributed by atoms with van der Waals surface area (Å²) in [6.07, 6.45) is 3.18. The van der Waals surface area contributed by atoms with E-state index < -0.39 is 0 Å². The van der Waals surface area contributed by atoms with Gasteiger partial charge in [0.15, 0.2) is 0 Å². The van der Waals surface area contributed by atoms with E-state index in [9.17, 15) is 10.1 Å². The van der Waals surface area contributed by atoms with Gasteiger partial charge in [0.05, 0.1) is 6.61 Å². The number of Topliss-reactive ketones (excluding diaryl/α,β-unsaturated/α-hetero) is 1. The second-order valence-electron chi connectivity index (χ2n) is 5.39. The molecule has 1 heterocycles. The van der Waals surface area contributed by atoms with Crippen molar-refractivity contribution in [3.8, 4) is 11.8 Å². The molecule has 5 heteroatoms. The van der Waals surface area contributed by atoms with Gasteiger partial charge in [-0.25, -0.2) is 0 Å². The van der Waals surface area contributed by atoms with Crippen LogP contribution >= 0.6 is 11.6 Å². The SMILES string of the molecule is CCOc1ccc(/C=C(\C#N)C(=O)c2c[nH]c3cc(Cl)ccc23)cc1. The first-order valence-electron chi connectivity index (χ1n) is 7.78. The molecule has 0 unspecified atom stereocenters. The Bertz CT molecular complexity index is 995. The molecule has 0 aliphatic heterocycles. The molecule has 3 rings (SSSR count). The zero-order valence-corrected chi connectivity index (χ0v) is 14.3. The second kappa shape index (κ2) is 7.25. The van der Waals surface area contributed by atoms with Crippen LogP contribution in [0.4, 0.5) is 0 Å². The van der Waals surface area contributed by atoms with Crippen LogP contribution in [0.3, 0.4) is 0 Å². The number of nitrogens with one attached hydrogen (secondary N) is 1. The van der Waals surface area contributed by atoms with Crippen LogP contribution in [-0.2, 0) is 0 Å². The number of aromatic nitrogens is 1. The average Bonchev–Trinajstić information content (AvgIpc) is 3.03. The quantitative estimate of drug-likeness (QED) is 0.399. The van der Waals surface area contributed by atoms with Gasteiger partial charge >= 0.3 is 0 Å². The van der Waals surface area contributed by atoms with E-state index in [0.717, 1.165) is 22.2 Å². The van der Waals surface area contributed by atoms with Crippen LogP contribution in [0.1, 0.15) is 22.8 Å². The first-order valence-corrected chi connectivity index (χ1v) is 8.16. The number of carbonyl (C=O) groups is 1. The lowest BCUT2D eigenvalue weighted by atomic mass is 10.0. The molecule has 3 aromatic rings. The van der Waals surface area contributed by atoms with Crippen LogP contribution in [0.2, 0.25) is 5.02 Å². The van der Waals surface area contributed by atoms with Crippen molar-refractivity contribution in [3.05, 3.63) is 70.4 Å². The van der Waals surface area contributed by atoms with Gasteiger partial charge < -0.3 is 9.72 Å². The third kappa shape index (κ3) is 3.57. The number of ketones is 1. The Kier molecular flexibility index (Phi) is 4.87. The fourth-order valence-electron chi connectivity index (χ4n) is 2.57. The van der Waals surface area contributed by atoms with Gasteiger partial charge in [-0.1, -0.05) is 29.8 Å². The topological polar surface area (TPSA) is 65.9 Å². The number of H-pyrrole nitrogens is 1. The molecule has 1 aromatic heterocycles. The molecule has 0 aliphatic carbocycles. The highest BCUT2D eigenvalue weighted by Gasteiger charge is 2.16. The van der Waals surface area contributed by atoms with Crippen molar-refractivity contribution >= 4 is 34.4 Å². The summed E-state index contributed by atoms with van der Waals surface area (Å²) < 4.78 is 5.39. The van der Waals surface area contributed by atoms with E-state index in [-0.39, 0.29) is 11.4 Å². The van der Waals surface area contributed by atoms with E-state index in [2.05, 4.69) is 4.98 Å². The molecule has 1 N–H and O–H groups in total. The van der Waals surface area contributed by atoms with Crippen LogP contribution in [-0.4, -0.2) is 17.4 Å². The van der Waals surface area contributed by atoms with Gasteiger partial charge in [0.1, 0.15) is 17.4 Å². The number of hydrogen-bond acceptors (Lipinski definition) is 3. The molecule has 0 fully saturated rings. The van der Waals surface area contributed by atoms with Crippen LogP contribution in [0.25, 0.3) is 17.0 Å². The first-order chi connectivity index (χ1) is 12.1. The minimum atomic E-state index is -0.329. The number of nitriles is 1. The standard InChI is InChI=1S/C20H15ClN2O2/c1-2-25-16-6-3-13(4-7-16)9-14(11-22)20(24)18-12-23-19-10-15(21)5-8-17(18)19/h3-10,12,23H,2H2,1H3/b14-9+. The van der Waals surface area contributed by atoms with E-state index in [4.69, 9.17) is 16.3 Å². The van der Waals surface area contributed by atoms with E-state index in [1.54, 1.807) is 30.5 Å². The molecule has 2 aromatic carbocycles. The van der Waals surface area contributed by atoms with Crippen molar-refractivity contribution in [3.63, 3.8) is 0 Å². The molecule has 0 atom stereocenters. The number of nitrogens with zero attached hydrogens (tertiary/aromatic N) is 1. The predicted octanol–water partition coefficient (Wildman–Crippen LogP) is 5.01. The van der Waals surface area contributed by atoms with Gasteiger partial charge in [-0.3, -0.25) is 4.79 Å². The van der Waals surface area contributed by atoms with Crippen molar-refractivity contribution in [1.82, 2.24) is 4.98 Å². The Balaban J connectivity index is 1.94. The van der Waals surface area contributed by atoms with Crippen LogP contribution in [0.5, 0.6) is 5.75 Å². The van der Waals surface area contributed by atoms with Gasteiger partial charge in [-0.15, -0.1) is 0 Å². The number of benzene rings is 2. The summed E-state index contributed by atoms with van der Waals surface area (Å²) in [6, 6.07) is 14.5. The molecular formula is C20H15ClN2O2. The summed E-state index contributed by atoms with van der Waals surface area (Å²) >= 11 is 5.96. The fourth-order valence-corrected chi connectivity index (χ4v) is 2.75. The summed E-state index contributed by atoms with van der Waals surface area (Å²) in [5.41, 5.74) is 2.04. The van der Waals surface area contributed by atoms with Crippen LogP contribution in [0, 0.1) is 11.3 Å². The highest BCUT2D eigenvalue weighted by molar-refractivity contribution is 6.31. The van der Waals surface area contributed by atoms with Crippen molar-refractivity contribution < 1.29 is 9.53 Å². The summed E-state index contributed by atoms with van der Waals surface area (Å²) in [5, 5.41) is 10.7. The van der Waals surface area contributed by atoms with Crippen molar-refractivity contribution in [2.24, 2.45) is 0 Å². The molecule has 4 nitrogen and oxygen atoms in total. The molecule has 0 bridgehead atoms. The maximum absolute atomic E-state index is 12.7. The van der Waals surface area contributed by atoms with E-state index >= 15 is 0 Å². The zero-order valence-electron chi connectivity index (χ0n) is 13.5. The third-order valence-electron chi connectivity index (χ3n) is 3.76. The Morgan fingerprint density at radius 3 is 2.72 bits per heavy atom. The van der Waals surface area contributed by atoms with Crippen molar-refractivity contribution in [1.29, 1.82) is 5.26 Å². The van der Waals surface area contributed by atoms with Gasteiger partial charge in [0.25, 0.3) is 0 Å². The number of halogens is 1. The minimum Gasteiger partial charge on any atom is -0.494 e. The number of allylic oxidation sites excluding steroid dienone is 1. The maximum atomic E-state index is 12.7. The number of fused-ring (bicyclic) bond motifs is 1. The zero-order chi connectivity index (χ0) is 17.8. The molecule has 0 saturated heterocycles. The minimum absolute atomic E-state index is 0.0695. The van der Waals surface area contributed by atoms with Crippen molar-refractivity contribution in [2.75, 3.05) is 6.61 Å². The van der Waals surface area contributed by atoms with E-state index in [1.807, 2.05) is 37.3 Å². The lowest BCUT2D eigenvalue weighted by Crippen LogP contribution is -2.01. The van der Waals surface area contributed by atoms with Gasteiger partial charge in [0, 0.05) is 27.7 Å². The predicted molar refractivity (Wildman–Crippen MR) is 98.8 cm³/mol. The molecule has 0 saturated carbocycles. The number of rotatable bonds is 5. The summed E-state index contributed by atoms with van der Waals surface area (Å²) in [6.45, 7) is 2.50. The smallest absolute Gasteiger partial charge is 0.205 e. The van der Waals surface area contributed by atoms with Gasteiger partial charge in [-0.05, 0) is 42.8 Å². The first kappa shape index (κ1) is 16.8. The largest absolute Gasteiger partial charge is 0.494 e. The number of ether oxygens (including phenoxy) is 1. The Labute approximate surface area is 150 Å². The highest BCUT2D eigenvalue weighted by Crippen LogP contribution is 2.25. The van der Waals surface area contributed by atoms with Gasteiger partial charge in [-0.2, -0.15) is 5.26 Å². The van der Waals surface area contributed by atoms with Gasteiger partial charge in [0.2, 0.25) is 5.78 Å². The second-order valence-corrected chi connectivity index (χ2v) is 5.83. The van der Waals surface area contributed by atoms with Crippen LogP contribution < -0.4 is 4.74 Å².